The maximum Gasteiger partial charge on any atom is 0.209 e. The molecule has 2 heterocycles. The highest BCUT2D eigenvalue weighted by atomic mass is 16.5. The van der Waals surface area contributed by atoms with Crippen molar-refractivity contribution in [2.75, 3.05) is 6.54 Å². The summed E-state index contributed by atoms with van der Waals surface area (Å²) in [6.07, 6.45) is 9.04. The Balaban J connectivity index is 1.49. The van der Waals surface area contributed by atoms with Crippen LogP contribution in [0.25, 0.3) is 0 Å². The summed E-state index contributed by atoms with van der Waals surface area (Å²) >= 11 is 0. The summed E-state index contributed by atoms with van der Waals surface area (Å²) in [5.41, 5.74) is 6.66. The van der Waals surface area contributed by atoms with E-state index < -0.39 is 0 Å². The van der Waals surface area contributed by atoms with Gasteiger partial charge in [-0.3, -0.25) is 0 Å². The van der Waals surface area contributed by atoms with Crippen molar-refractivity contribution in [3.8, 4) is 11.5 Å². The van der Waals surface area contributed by atoms with Gasteiger partial charge in [0.25, 0.3) is 0 Å². The van der Waals surface area contributed by atoms with E-state index in [4.69, 9.17) is 4.74 Å². The predicted octanol–water partition coefficient (Wildman–Crippen LogP) is 6.03. The molecule has 2 aromatic rings. The Morgan fingerprint density at radius 3 is 2.87 bits per heavy atom. The summed E-state index contributed by atoms with van der Waals surface area (Å²) < 4.78 is 8.80. The number of phenolic OH excluding ortho intramolecular Hbond substituents is 1. The molecular weight excluding hydrogens is 370 g/mol. The third kappa shape index (κ3) is 2.99. The minimum atomic E-state index is -0.0131. The third-order valence-electron chi connectivity index (χ3n) is 6.96. The van der Waals surface area contributed by atoms with Crippen LogP contribution in [0.4, 0.5) is 5.69 Å². The van der Waals surface area contributed by atoms with E-state index in [1.807, 2.05) is 6.07 Å². The summed E-state index contributed by atoms with van der Waals surface area (Å²) in [4.78, 5) is 0. The topological polar surface area (TPSA) is 32.5 Å². The Bertz CT molecular complexity index is 1100. The normalized spacial score (nSPS) is 22.0. The molecule has 3 aliphatic rings. The fraction of sp³-hybridized carbons (Fsp3) is 0.370. The van der Waals surface area contributed by atoms with E-state index in [9.17, 15) is 5.11 Å². The Labute approximate surface area is 179 Å². The molecule has 5 rings (SSSR count). The van der Waals surface area contributed by atoms with Crippen LogP contribution in [0.15, 0.2) is 65.9 Å². The number of hydrogen-bond acceptors (Lipinski definition) is 2. The van der Waals surface area contributed by atoms with Crippen molar-refractivity contribution in [2.45, 2.75) is 51.9 Å². The lowest BCUT2D eigenvalue weighted by atomic mass is 9.80. The van der Waals surface area contributed by atoms with E-state index in [1.54, 1.807) is 12.1 Å². The summed E-state index contributed by atoms with van der Waals surface area (Å²) in [7, 11) is 0. The molecule has 3 nitrogen and oxygen atoms in total. The Morgan fingerprint density at radius 1 is 1.20 bits per heavy atom. The molecule has 0 amide bonds. The van der Waals surface area contributed by atoms with Gasteiger partial charge in [0.15, 0.2) is 5.71 Å². The van der Waals surface area contributed by atoms with Gasteiger partial charge < -0.3 is 9.84 Å². The number of ether oxygens (including phenoxy) is 1. The number of aromatic hydroxyl groups is 1. The molecule has 3 heteroatoms. The second-order valence-electron chi connectivity index (χ2n) is 9.17. The highest BCUT2D eigenvalue weighted by molar-refractivity contribution is 6.03. The number of fused-ring (bicyclic) bond motifs is 2. The van der Waals surface area contributed by atoms with Crippen LogP contribution in [0.5, 0.6) is 11.5 Å². The highest BCUT2D eigenvalue weighted by Gasteiger charge is 2.43. The molecule has 0 fully saturated rings. The smallest absolute Gasteiger partial charge is 0.209 e. The molecule has 2 aliphatic heterocycles. The lowest BCUT2D eigenvalue weighted by Gasteiger charge is -2.31. The second-order valence-corrected chi connectivity index (χ2v) is 9.17. The van der Waals surface area contributed by atoms with Crippen molar-refractivity contribution >= 4 is 11.4 Å². The first kappa shape index (κ1) is 19.2. The number of rotatable bonds is 3. The number of benzene rings is 2. The van der Waals surface area contributed by atoms with Gasteiger partial charge in [-0.1, -0.05) is 30.3 Å². The molecule has 0 aromatic heterocycles. The van der Waals surface area contributed by atoms with Gasteiger partial charge >= 0.3 is 0 Å². The first-order valence-corrected chi connectivity index (χ1v) is 11.1. The molecular formula is C27H30NO2+. The molecule has 0 spiro atoms. The van der Waals surface area contributed by atoms with Crippen molar-refractivity contribution in [2.24, 2.45) is 5.92 Å². The highest BCUT2D eigenvalue weighted by Crippen LogP contribution is 2.43. The van der Waals surface area contributed by atoms with Gasteiger partial charge in [-0.15, -0.1) is 0 Å². The summed E-state index contributed by atoms with van der Waals surface area (Å²) in [6, 6.07) is 14.3. The minimum Gasteiger partial charge on any atom is -0.508 e. The van der Waals surface area contributed by atoms with E-state index in [-0.39, 0.29) is 17.1 Å². The molecule has 0 radical (unpaired) electrons. The van der Waals surface area contributed by atoms with E-state index in [2.05, 4.69) is 61.8 Å². The molecule has 1 unspecified atom stereocenters. The van der Waals surface area contributed by atoms with E-state index in [0.717, 1.165) is 37.3 Å². The predicted molar refractivity (Wildman–Crippen MR) is 121 cm³/mol. The molecule has 1 aliphatic carbocycles. The van der Waals surface area contributed by atoms with Crippen LogP contribution in [0, 0.1) is 5.92 Å². The maximum absolute atomic E-state index is 9.88. The zero-order valence-corrected chi connectivity index (χ0v) is 18.1. The zero-order valence-electron chi connectivity index (χ0n) is 18.1. The van der Waals surface area contributed by atoms with Crippen molar-refractivity contribution < 1.29 is 14.4 Å². The largest absolute Gasteiger partial charge is 0.508 e. The average molecular weight is 401 g/mol. The lowest BCUT2D eigenvalue weighted by molar-refractivity contribution is -0.433. The Hall–Kier alpha value is -2.81. The summed E-state index contributed by atoms with van der Waals surface area (Å²) in [5, 5.41) is 9.88. The van der Waals surface area contributed by atoms with Gasteiger partial charge in [0.05, 0.1) is 5.41 Å². The van der Waals surface area contributed by atoms with Crippen LogP contribution in [-0.4, -0.2) is 21.9 Å². The quantitative estimate of drug-likeness (QED) is 0.638. The number of allylic oxidation sites excluding steroid dienone is 3. The fourth-order valence-corrected chi connectivity index (χ4v) is 5.38. The Kier molecular flexibility index (Phi) is 4.57. The molecule has 1 N–H and O–H groups in total. The summed E-state index contributed by atoms with van der Waals surface area (Å²) in [6.45, 7) is 7.83. The van der Waals surface area contributed by atoms with Crippen molar-refractivity contribution in [1.82, 2.24) is 0 Å². The number of hydrogen-bond donors (Lipinski definition) is 1. The third-order valence-corrected chi connectivity index (χ3v) is 6.96. The molecule has 0 saturated carbocycles. The molecule has 2 aromatic carbocycles. The van der Waals surface area contributed by atoms with Crippen LogP contribution in [-0.2, 0) is 11.8 Å². The van der Waals surface area contributed by atoms with Crippen molar-refractivity contribution in [3.05, 3.63) is 77.1 Å². The zero-order chi connectivity index (χ0) is 20.9. The minimum absolute atomic E-state index is 0.0131. The molecule has 0 bridgehead atoms. The van der Waals surface area contributed by atoms with Crippen molar-refractivity contribution in [3.63, 3.8) is 0 Å². The summed E-state index contributed by atoms with van der Waals surface area (Å²) in [5.74, 6) is 2.47. The van der Waals surface area contributed by atoms with Crippen LogP contribution in [0.1, 0.15) is 51.2 Å². The van der Waals surface area contributed by atoms with Crippen molar-refractivity contribution in [1.29, 1.82) is 0 Å². The SMILES string of the molecule is CC[N+]1=C(/C=C/C2CCCC3=C2Oc2cc(O)ccc2C3)C(C)(C)c2ccccc21. The molecule has 1 atom stereocenters. The fourth-order valence-electron chi connectivity index (χ4n) is 5.38. The van der Waals surface area contributed by atoms with Gasteiger partial charge in [-0.05, 0) is 57.2 Å². The van der Waals surface area contributed by atoms with Crippen LogP contribution >= 0.6 is 0 Å². The van der Waals surface area contributed by atoms with Gasteiger partial charge in [0.2, 0.25) is 5.69 Å². The van der Waals surface area contributed by atoms with Gasteiger partial charge in [-0.2, -0.15) is 4.58 Å². The van der Waals surface area contributed by atoms with Gasteiger partial charge in [0.1, 0.15) is 23.8 Å². The lowest BCUT2D eigenvalue weighted by Crippen LogP contribution is -2.28. The van der Waals surface area contributed by atoms with Crippen LogP contribution < -0.4 is 4.74 Å². The monoisotopic (exact) mass is 400 g/mol. The molecule has 154 valence electrons. The Morgan fingerprint density at radius 2 is 2.03 bits per heavy atom. The first-order valence-electron chi connectivity index (χ1n) is 11.1. The number of phenols is 1. The van der Waals surface area contributed by atoms with E-state index >= 15 is 0 Å². The second kappa shape index (κ2) is 7.16. The van der Waals surface area contributed by atoms with Gasteiger partial charge in [-0.25, -0.2) is 0 Å². The van der Waals surface area contributed by atoms with E-state index in [0.29, 0.717) is 0 Å². The standard InChI is InChI=1S/C27H29NO2/c1-4-28-23-11-6-5-10-22(23)27(2,3)25(28)15-13-18-8-7-9-20-16-19-12-14-21(29)17-24(19)30-26(18)20/h5-6,10-15,17-18H,4,7-9,16H2,1-3H3/p+1/b15-13+. The van der Waals surface area contributed by atoms with Crippen LogP contribution in [0.2, 0.25) is 0 Å². The first-order chi connectivity index (χ1) is 14.5. The van der Waals surface area contributed by atoms with Gasteiger partial charge in [0, 0.05) is 36.1 Å². The van der Waals surface area contributed by atoms with Crippen LogP contribution in [0.3, 0.4) is 0 Å². The van der Waals surface area contributed by atoms with E-state index in [1.165, 1.54) is 34.5 Å². The molecule has 0 saturated heterocycles. The number of nitrogens with zero attached hydrogens (tertiary/aromatic N) is 1. The molecule has 30 heavy (non-hydrogen) atoms. The maximum atomic E-state index is 9.88. The average Bonchev–Trinajstić information content (AvgIpc) is 2.97. The number of para-hydroxylation sites is 1.